The number of amides is 2. The van der Waals surface area contributed by atoms with Gasteiger partial charge in [0.25, 0.3) is 5.91 Å². The van der Waals surface area contributed by atoms with Crippen LogP contribution in [0.3, 0.4) is 0 Å². The molecule has 4 rings (SSSR count). The molecule has 0 aliphatic rings. The number of nitriles is 1. The number of carbonyl (C=O) groups is 2. The molecule has 3 N–H and O–H groups in total. The molecule has 12 heteroatoms. The lowest BCUT2D eigenvalue weighted by molar-refractivity contribution is -0.140. The van der Waals surface area contributed by atoms with E-state index in [1.165, 1.54) is 26.2 Å². The quantitative estimate of drug-likeness (QED) is 0.404. The van der Waals surface area contributed by atoms with Crippen LogP contribution in [-0.2, 0) is 12.7 Å². The smallest absolute Gasteiger partial charge is 0.437 e. The minimum Gasteiger partial charge on any atom is -0.497 e. The van der Waals surface area contributed by atoms with Crippen LogP contribution in [0.15, 0.2) is 48.5 Å². The molecule has 0 radical (unpaired) electrons. The van der Waals surface area contributed by atoms with Crippen molar-refractivity contribution >= 4 is 28.4 Å². The molecule has 2 aromatic heterocycles. The molecular weight excluding hydrogens is 489 g/mol. The number of pyridine rings is 1. The van der Waals surface area contributed by atoms with Gasteiger partial charge in [0, 0.05) is 5.39 Å². The summed E-state index contributed by atoms with van der Waals surface area (Å²) in [5.41, 5.74) is 4.59. The van der Waals surface area contributed by atoms with Crippen molar-refractivity contribution in [2.75, 3.05) is 12.4 Å². The van der Waals surface area contributed by atoms with Crippen LogP contribution in [0.2, 0.25) is 0 Å². The number of carbonyl (C=O) groups excluding carboxylic acids is 2. The Morgan fingerprint density at radius 3 is 2.46 bits per heavy atom. The van der Waals surface area contributed by atoms with E-state index in [0.29, 0.717) is 22.3 Å². The first kappa shape index (κ1) is 25.2. The molecule has 0 atom stereocenters. The van der Waals surface area contributed by atoms with Gasteiger partial charge in [0.05, 0.1) is 47.7 Å². The van der Waals surface area contributed by atoms with Gasteiger partial charge in [-0.25, -0.2) is 4.98 Å². The Morgan fingerprint density at radius 1 is 1.16 bits per heavy atom. The Bertz CT molecular complexity index is 1570. The van der Waals surface area contributed by atoms with Crippen LogP contribution >= 0.6 is 0 Å². The number of primary amides is 1. The first-order valence-corrected chi connectivity index (χ1v) is 10.8. The van der Waals surface area contributed by atoms with Crippen LogP contribution in [-0.4, -0.2) is 33.7 Å². The monoisotopic (exact) mass is 508 g/mol. The molecule has 0 unspecified atom stereocenters. The Morgan fingerprint density at radius 2 is 1.86 bits per heavy atom. The summed E-state index contributed by atoms with van der Waals surface area (Å²) < 4.78 is 47.7. The van der Waals surface area contributed by atoms with Crippen LogP contribution in [0.25, 0.3) is 10.9 Å². The Labute approximate surface area is 208 Å². The Hall–Kier alpha value is -4.92. The number of benzene rings is 2. The number of halogens is 3. The number of methoxy groups -OCH3 is 1. The highest BCUT2D eigenvalue weighted by Crippen LogP contribution is 2.36. The Kier molecular flexibility index (Phi) is 6.54. The average Bonchev–Trinajstić information content (AvgIpc) is 3.18. The standard InChI is InChI=1S/C25H19F3N6O3/c1-13-21(22(25(26,27)28)33-34(13)12-15-5-3-14(11-29)4-6-15)32-24(36)20-10-18(23(30)35)17-9-16(37-2)7-8-19(17)31-20/h3-10H,12H2,1-2H3,(H2,30,35)(H,32,36). The van der Waals surface area contributed by atoms with Crippen LogP contribution < -0.4 is 15.8 Å². The summed E-state index contributed by atoms with van der Waals surface area (Å²) in [6.07, 6.45) is -4.87. The van der Waals surface area contributed by atoms with Gasteiger partial charge in [-0.1, -0.05) is 12.1 Å². The van der Waals surface area contributed by atoms with E-state index < -0.39 is 29.4 Å². The first-order valence-electron chi connectivity index (χ1n) is 10.8. The predicted molar refractivity (Wildman–Crippen MR) is 127 cm³/mol. The van der Waals surface area contributed by atoms with Crippen LogP contribution in [0.1, 0.15) is 43.4 Å². The fourth-order valence-corrected chi connectivity index (χ4v) is 3.74. The molecule has 9 nitrogen and oxygen atoms in total. The maximum atomic E-state index is 13.8. The number of nitrogens with zero attached hydrogens (tertiary/aromatic N) is 4. The number of hydrogen-bond donors (Lipinski definition) is 2. The van der Waals surface area contributed by atoms with Gasteiger partial charge in [-0.2, -0.15) is 23.5 Å². The van der Waals surface area contributed by atoms with E-state index in [4.69, 9.17) is 15.7 Å². The normalized spacial score (nSPS) is 11.2. The number of hydrogen-bond acceptors (Lipinski definition) is 6. The van der Waals surface area contributed by atoms with E-state index in [1.54, 1.807) is 30.3 Å². The number of nitrogens with two attached hydrogens (primary N) is 1. The zero-order chi connectivity index (χ0) is 26.9. The van der Waals surface area contributed by atoms with E-state index >= 15 is 0 Å². The maximum Gasteiger partial charge on any atom is 0.437 e. The minimum absolute atomic E-state index is 0.0294. The second kappa shape index (κ2) is 9.62. The topological polar surface area (TPSA) is 136 Å². The third-order valence-corrected chi connectivity index (χ3v) is 5.64. The molecule has 2 aromatic carbocycles. The SMILES string of the molecule is COc1ccc2nc(C(=O)Nc3c(C(F)(F)F)nn(Cc4ccc(C#N)cc4)c3C)cc(C(N)=O)c2c1. The van der Waals surface area contributed by atoms with Gasteiger partial charge in [0.15, 0.2) is 5.69 Å². The third kappa shape index (κ3) is 5.06. The Balaban J connectivity index is 1.73. The summed E-state index contributed by atoms with van der Waals surface area (Å²) >= 11 is 0. The van der Waals surface area contributed by atoms with Crippen molar-refractivity contribution in [3.8, 4) is 11.8 Å². The molecule has 0 bridgehead atoms. The third-order valence-electron chi connectivity index (χ3n) is 5.64. The predicted octanol–water partition coefficient (Wildman–Crippen LogP) is 4.04. The molecule has 2 amide bonds. The molecule has 188 valence electrons. The number of nitrogens with one attached hydrogen (secondary N) is 1. The molecule has 0 fully saturated rings. The van der Waals surface area contributed by atoms with Crippen LogP contribution in [0, 0.1) is 18.3 Å². The second-order valence-corrected chi connectivity index (χ2v) is 8.03. The van der Waals surface area contributed by atoms with Crippen molar-refractivity contribution in [2.45, 2.75) is 19.6 Å². The second-order valence-electron chi connectivity index (χ2n) is 8.03. The largest absolute Gasteiger partial charge is 0.497 e. The van der Waals surface area contributed by atoms with Gasteiger partial charge >= 0.3 is 6.18 Å². The molecule has 0 saturated heterocycles. The molecular formula is C25H19F3N6O3. The molecule has 0 aliphatic carbocycles. The highest BCUT2D eigenvalue weighted by atomic mass is 19.4. The molecule has 2 heterocycles. The van der Waals surface area contributed by atoms with Gasteiger partial charge in [-0.05, 0) is 48.9 Å². The van der Waals surface area contributed by atoms with Crippen LogP contribution in [0.5, 0.6) is 5.75 Å². The van der Waals surface area contributed by atoms with Gasteiger partial charge in [0.1, 0.15) is 11.4 Å². The number of alkyl halides is 3. The summed E-state index contributed by atoms with van der Waals surface area (Å²) in [6, 6.07) is 13.9. The van der Waals surface area contributed by atoms with E-state index in [-0.39, 0.29) is 29.0 Å². The van der Waals surface area contributed by atoms with E-state index in [1.807, 2.05) is 6.07 Å². The number of ether oxygens (including phenoxy) is 1. The van der Waals surface area contributed by atoms with Crippen LogP contribution in [0.4, 0.5) is 18.9 Å². The van der Waals surface area contributed by atoms with Gasteiger partial charge in [-0.15, -0.1) is 0 Å². The number of aromatic nitrogens is 3. The lowest BCUT2D eigenvalue weighted by Gasteiger charge is -2.11. The number of anilines is 1. The molecule has 0 spiro atoms. The summed E-state index contributed by atoms with van der Waals surface area (Å²) in [4.78, 5) is 29.3. The van der Waals surface area contributed by atoms with Crippen molar-refractivity contribution in [1.29, 1.82) is 5.26 Å². The molecule has 4 aromatic rings. The van der Waals surface area contributed by atoms with Gasteiger partial charge in [0.2, 0.25) is 5.91 Å². The van der Waals surface area contributed by atoms with Crippen molar-refractivity contribution in [3.63, 3.8) is 0 Å². The zero-order valence-electron chi connectivity index (χ0n) is 19.6. The summed E-state index contributed by atoms with van der Waals surface area (Å²) in [7, 11) is 1.43. The summed E-state index contributed by atoms with van der Waals surface area (Å²) in [5.74, 6) is -1.40. The van der Waals surface area contributed by atoms with E-state index in [9.17, 15) is 22.8 Å². The molecule has 0 aliphatic heterocycles. The van der Waals surface area contributed by atoms with Gasteiger partial charge in [-0.3, -0.25) is 14.3 Å². The van der Waals surface area contributed by atoms with Crippen molar-refractivity contribution in [3.05, 3.63) is 82.3 Å². The lowest BCUT2D eigenvalue weighted by Crippen LogP contribution is -2.19. The van der Waals surface area contributed by atoms with Crippen molar-refractivity contribution in [1.82, 2.24) is 14.8 Å². The minimum atomic E-state index is -4.87. The molecule has 0 saturated carbocycles. The van der Waals surface area contributed by atoms with E-state index in [0.717, 1.165) is 10.7 Å². The summed E-state index contributed by atoms with van der Waals surface area (Å²) in [5, 5.41) is 15.2. The molecule has 37 heavy (non-hydrogen) atoms. The van der Waals surface area contributed by atoms with Gasteiger partial charge < -0.3 is 15.8 Å². The fraction of sp³-hybridized carbons (Fsp3) is 0.160. The lowest BCUT2D eigenvalue weighted by atomic mass is 10.1. The maximum absolute atomic E-state index is 13.8. The summed E-state index contributed by atoms with van der Waals surface area (Å²) in [6.45, 7) is 1.36. The van der Waals surface area contributed by atoms with Crippen molar-refractivity contribution < 1.29 is 27.5 Å². The highest BCUT2D eigenvalue weighted by molar-refractivity contribution is 6.10. The zero-order valence-corrected chi connectivity index (χ0v) is 19.6. The number of fused-ring (bicyclic) bond motifs is 1. The van der Waals surface area contributed by atoms with E-state index in [2.05, 4.69) is 15.4 Å². The first-order chi connectivity index (χ1) is 17.5. The fourth-order valence-electron chi connectivity index (χ4n) is 3.74. The highest BCUT2D eigenvalue weighted by Gasteiger charge is 2.39. The number of rotatable bonds is 6. The average molecular weight is 508 g/mol. The van der Waals surface area contributed by atoms with Crippen molar-refractivity contribution in [2.24, 2.45) is 5.73 Å².